The number of anilines is 3. The summed E-state index contributed by atoms with van der Waals surface area (Å²) in [5.74, 6) is -1.14. The molecule has 6 nitrogen and oxygen atoms in total. The maximum Gasteiger partial charge on any atom is 0.259 e. The normalized spacial score (nSPS) is 15.4. The van der Waals surface area contributed by atoms with Crippen molar-refractivity contribution in [2.75, 3.05) is 15.5 Å². The van der Waals surface area contributed by atoms with Gasteiger partial charge < -0.3 is 10.6 Å². The molecule has 1 heterocycles. The minimum Gasteiger partial charge on any atom is -0.326 e. The van der Waals surface area contributed by atoms with E-state index in [2.05, 4.69) is 31.4 Å². The minimum absolute atomic E-state index is 0.0541. The molecule has 0 saturated carbocycles. The molecule has 4 rings (SSSR count). The molecule has 0 spiro atoms. The zero-order valence-electron chi connectivity index (χ0n) is 19.3. The zero-order valence-corrected chi connectivity index (χ0v) is 20.0. The Bertz CT molecular complexity index is 1230. The first-order valence-corrected chi connectivity index (χ1v) is 11.4. The van der Waals surface area contributed by atoms with Crippen molar-refractivity contribution < 1.29 is 14.4 Å². The van der Waals surface area contributed by atoms with Crippen LogP contribution >= 0.6 is 11.6 Å². The van der Waals surface area contributed by atoms with E-state index in [1.54, 1.807) is 60.7 Å². The topological polar surface area (TPSA) is 78.5 Å². The number of hydrogen-bond acceptors (Lipinski definition) is 3. The van der Waals surface area contributed by atoms with E-state index in [-0.39, 0.29) is 23.7 Å². The molecule has 1 aliphatic heterocycles. The second-order valence-corrected chi connectivity index (χ2v) is 9.72. The fraction of sp³-hybridized carbons (Fsp3) is 0.222. The van der Waals surface area contributed by atoms with Gasteiger partial charge in [0.25, 0.3) is 5.91 Å². The van der Waals surface area contributed by atoms with Crippen LogP contribution in [-0.4, -0.2) is 23.8 Å². The van der Waals surface area contributed by atoms with Gasteiger partial charge in [-0.25, -0.2) is 0 Å². The Morgan fingerprint density at radius 3 is 2.26 bits per heavy atom. The molecule has 1 atom stereocenters. The van der Waals surface area contributed by atoms with E-state index in [4.69, 9.17) is 11.6 Å². The predicted molar refractivity (Wildman–Crippen MR) is 136 cm³/mol. The highest BCUT2D eigenvalue weighted by Gasteiger charge is 2.38. The van der Waals surface area contributed by atoms with Gasteiger partial charge >= 0.3 is 0 Å². The lowest BCUT2D eigenvalue weighted by atomic mass is 9.86. The summed E-state index contributed by atoms with van der Waals surface area (Å²) in [4.78, 5) is 40.9. The Hall–Kier alpha value is -3.64. The lowest BCUT2D eigenvalue weighted by Crippen LogP contribution is -2.52. The van der Waals surface area contributed by atoms with Gasteiger partial charge in [-0.3, -0.25) is 19.3 Å². The monoisotopic (exact) mass is 475 g/mol. The third-order valence-electron chi connectivity index (χ3n) is 5.76. The number of carbonyl (C=O) groups excluding carboxylic acids is 3. The standard InChI is InChI=1S/C27H26ClN3O3/c1-27(2,3)18-10-8-17(9-11-18)26(34)31-22-7-5-4-6-21(22)30-25(33)23(31)16-24(32)29-20-14-12-19(28)13-15-20/h4-15,23H,16H2,1-3H3,(H,29,32)(H,30,33). The average Bonchev–Trinajstić information content (AvgIpc) is 2.80. The van der Waals surface area contributed by atoms with Crippen molar-refractivity contribution in [3.63, 3.8) is 0 Å². The summed E-state index contributed by atoms with van der Waals surface area (Å²) in [6, 6.07) is 20.1. The number of rotatable bonds is 4. The highest BCUT2D eigenvalue weighted by atomic mass is 35.5. The number of carbonyl (C=O) groups is 3. The fourth-order valence-corrected chi connectivity index (χ4v) is 4.02. The van der Waals surface area contributed by atoms with Crippen LogP contribution < -0.4 is 15.5 Å². The van der Waals surface area contributed by atoms with Crippen LogP contribution in [0.15, 0.2) is 72.8 Å². The maximum atomic E-state index is 13.7. The minimum atomic E-state index is -1.00. The van der Waals surface area contributed by atoms with Gasteiger partial charge in [-0.2, -0.15) is 0 Å². The van der Waals surface area contributed by atoms with Gasteiger partial charge in [-0.05, 0) is 59.5 Å². The molecule has 0 saturated heterocycles. The first-order valence-electron chi connectivity index (χ1n) is 11.0. The van der Waals surface area contributed by atoms with E-state index in [1.165, 1.54) is 4.90 Å². The molecule has 0 aromatic heterocycles. The summed E-state index contributed by atoms with van der Waals surface area (Å²) in [5.41, 5.74) is 3.13. The summed E-state index contributed by atoms with van der Waals surface area (Å²) in [7, 11) is 0. The van der Waals surface area contributed by atoms with E-state index >= 15 is 0 Å². The van der Waals surface area contributed by atoms with Crippen molar-refractivity contribution in [2.45, 2.75) is 38.6 Å². The summed E-state index contributed by atoms with van der Waals surface area (Å²) in [6.07, 6.45) is -0.200. The van der Waals surface area contributed by atoms with Crippen molar-refractivity contribution in [3.05, 3.63) is 88.9 Å². The Kier molecular flexibility index (Phi) is 6.44. The van der Waals surface area contributed by atoms with Gasteiger partial charge in [0.05, 0.1) is 17.8 Å². The SMILES string of the molecule is CC(C)(C)c1ccc(C(=O)N2c3ccccc3NC(=O)C2CC(=O)Nc2ccc(Cl)cc2)cc1. The molecule has 0 fully saturated rings. The molecule has 1 unspecified atom stereocenters. The first-order chi connectivity index (χ1) is 16.1. The van der Waals surface area contributed by atoms with Gasteiger partial charge in [-0.15, -0.1) is 0 Å². The fourth-order valence-electron chi connectivity index (χ4n) is 3.90. The van der Waals surface area contributed by atoms with E-state index in [1.807, 2.05) is 12.1 Å². The van der Waals surface area contributed by atoms with Crippen molar-refractivity contribution >= 4 is 46.4 Å². The number of halogens is 1. The second-order valence-electron chi connectivity index (χ2n) is 9.28. The third kappa shape index (κ3) is 4.97. The smallest absolute Gasteiger partial charge is 0.259 e. The molecular formula is C27H26ClN3O3. The lowest BCUT2D eigenvalue weighted by molar-refractivity contribution is -0.122. The Morgan fingerprint density at radius 2 is 1.62 bits per heavy atom. The van der Waals surface area contributed by atoms with Crippen LogP contribution in [0.25, 0.3) is 0 Å². The van der Waals surface area contributed by atoms with Crippen LogP contribution in [0.3, 0.4) is 0 Å². The third-order valence-corrected chi connectivity index (χ3v) is 6.01. The van der Waals surface area contributed by atoms with Crippen molar-refractivity contribution in [3.8, 4) is 0 Å². The van der Waals surface area contributed by atoms with Gasteiger partial charge in [0.1, 0.15) is 6.04 Å². The number of para-hydroxylation sites is 2. The highest BCUT2D eigenvalue weighted by molar-refractivity contribution is 6.30. The Morgan fingerprint density at radius 1 is 0.971 bits per heavy atom. The number of amides is 3. The summed E-state index contributed by atoms with van der Waals surface area (Å²) in [5, 5.41) is 6.14. The Labute approximate surface area is 203 Å². The number of benzene rings is 3. The van der Waals surface area contributed by atoms with E-state index in [0.717, 1.165) is 5.56 Å². The molecule has 1 aliphatic rings. The van der Waals surface area contributed by atoms with Gasteiger partial charge in [0.2, 0.25) is 11.8 Å². The Balaban J connectivity index is 1.64. The van der Waals surface area contributed by atoms with E-state index < -0.39 is 11.9 Å². The number of nitrogens with zero attached hydrogens (tertiary/aromatic N) is 1. The van der Waals surface area contributed by atoms with Crippen LogP contribution in [0.4, 0.5) is 17.1 Å². The zero-order chi connectivity index (χ0) is 24.5. The molecule has 174 valence electrons. The lowest BCUT2D eigenvalue weighted by Gasteiger charge is -2.36. The quantitative estimate of drug-likeness (QED) is 0.513. The van der Waals surface area contributed by atoms with Crippen molar-refractivity contribution in [2.24, 2.45) is 0 Å². The second kappa shape index (κ2) is 9.31. The largest absolute Gasteiger partial charge is 0.326 e. The predicted octanol–water partition coefficient (Wildman–Crippen LogP) is 5.63. The molecule has 0 bridgehead atoms. The molecule has 0 aliphatic carbocycles. The first kappa shape index (κ1) is 23.5. The molecule has 7 heteroatoms. The summed E-state index contributed by atoms with van der Waals surface area (Å²) < 4.78 is 0. The average molecular weight is 476 g/mol. The molecule has 3 amide bonds. The molecule has 34 heavy (non-hydrogen) atoms. The van der Waals surface area contributed by atoms with Gasteiger partial charge in [-0.1, -0.05) is 56.6 Å². The van der Waals surface area contributed by atoms with Crippen LogP contribution in [0.5, 0.6) is 0 Å². The molecule has 2 N–H and O–H groups in total. The molecule has 3 aromatic carbocycles. The van der Waals surface area contributed by atoms with Crippen LogP contribution in [-0.2, 0) is 15.0 Å². The van der Waals surface area contributed by atoms with Crippen molar-refractivity contribution in [1.29, 1.82) is 0 Å². The van der Waals surface area contributed by atoms with Crippen LogP contribution in [0.1, 0.15) is 43.1 Å². The molecule has 0 radical (unpaired) electrons. The number of nitrogens with one attached hydrogen (secondary N) is 2. The number of fused-ring (bicyclic) bond motifs is 1. The van der Waals surface area contributed by atoms with E-state index in [0.29, 0.717) is 27.6 Å². The van der Waals surface area contributed by atoms with Crippen molar-refractivity contribution in [1.82, 2.24) is 0 Å². The number of hydrogen-bond donors (Lipinski definition) is 2. The van der Waals surface area contributed by atoms with E-state index in [9.17, 15) is 14.4 Å². The maximum absolute atomic E-state index is 13.7. The molecule has 3 aromatic rings. The highest BCUT2D eigenvalue weighted by Crippen LogP contribution is 2.34. The summed E-state index contributed by atoms with van der Waals surface area (Å²) in [6.45, 7) is 6.30. The van der Waals surface area contributed by atoms with Gasteiger partial charge in [0, 0.05) is 16.3 Å². The summed E-state index contributed by atoms with van der Waals surface area (Å²) >= 11 is 5.91. The van der Waals surface area contributed by atoms with Crippen LogP contribution in [0, 0.1) is 0 Å². The van der Waals surface area contributed by atoms with Gasteiger partial charge in [0.15, 0.2) is 0 Å². The van der Waals surface area contributed by atoms with Crippen LogP contribution in [0.2, 0.25) is 5.02 Å². The molecular weight excluding hydrogens is 450 g/mol.